The average Bonchev–Trinajstić information content (AvgIpc) is 2.42. The van der Waals surface area contributed by atoms with E-state index in [1.807, 2.05) is 6.92 Å². The van der Waals surface area contributed by atoms with Crippen LogP contribution in [0.2, 0.25) is 0 Å². The molecule has 0 amide bonds. The summed E-state index contributed by atoms with van der Waals surface area (Å²) in [5.41, 5.74) is 0. The molecule has 0 aliphatic carbocycles. The maximum atomic E-state index is 10.9. The summed E-state index contributed by atoms with van der Waals surface area (Å²) in [6, 6.07) is 0. The van der Waals surface area contributed by atoms with Crippen molar-refractivity contribution in [3.63, 3.8) is 0 Å². The molecule has 0 bridgehead atoms. The van der Waals surface area contributed by atoms with Gasteiger partial charge in [-0.3, -0.25) is 4.18 Å². The Morgan fingerprint density at radius 3 is 1.91 bits per heavy atom. The molecule has 0 unspecified atom stereocenters. The van der Waals surface area contributed by atoms with Crippen LogP contribution >= 0.6 is 0 Å². The van der Waals surface area contributed by atoms with E-state index in [9.17, 15) is 8.42 Å². The second kappa shape index (κ2) is 14.3. The molecule has 0 aliphatic heterocycles. The van der Waals surface area contributed by atoms with E-state index in [2.05, 4.69) is 19.1 Å². The van der Waals surface area contributed by atoms with Gasteiger partial charge in [-0.15, -0.1) is 0 Å². The fourth-order valence-electron chi connectivity index (χ4n) is 2.48. The molecule has 22 heavy (non-hydrogen) atoms. The molecule has 0 rings (SSSR count). The van der Waals surface area contributed by atoms with Gasteiger partial charge >= 0.3 is 0 Å². The first kappa shape index (κ1) is 21.6. The van der Waals surface area contributed by atoms with Gasteiger partial charge in [-0.25, -0.2) is 0 Å². The van der Waals surface area contributed by atoms with Gasteiger partial charge in [0.1, 0.15) is 0 Å². The fraction of sp³-hybridized carbons (Fsp3) is 0.889. The van der Waals surface area contributed by atoms with Crippen molar-refractivity contribution in [1.29, 1.82) is 0 Å². The van der Waals surface area contributed by atoms with Crippen LogP contribution in [0, 0.1) is 0 Å². The van der Waals surface area contributed by atoms with E-state index in [1.54, 1.807) is 0 Å². The second-order valence-electron chi connectivity index (χ2n) is 6.28. The van der Waals surface area contributed by atoms with E-state index in [-0.39, 0.29) is 6.10 Å². The summed E-state index contributed by atoms with van der Waals surface area (Å²) in [7, 11) is -3.30. The highest BCUT2D eigenvalue weighted by Gasteiger charge is 2.09. The third kappa shape index (κ3) is 17.7. The standard InChI is InChI=1S/C18H36O3S/c1-4-5-6-7-8-9-10-11-12-13-14-15-16-17-18(2)21-22(3,19)20/h7-8,18H,4-6,9-17H2,1-3H3/b8-7-/t18-/m1/s1. The average molecular weight is 333 g/mol. The zero-order valence-electron chi connectivity index (χ0n) is 14.9. The van der Waals surface area contributed by atoms with Gasteiger partial charge < -0.3 is 0 Å². The summed E-state index contributed by atoms with van der Waals surface area (Å²) in [4.78, 5) is 0. The molecule has 1 atom stereocenters. The summed E-state index contributed by atoms with van der Waals surface area (Å²) < 4.78 is 26.8. The highest BCUT2D eigenvalue weighted by molar-refractivity contribution is 7.86. The van der Waals surface area contributed by atoms with E-state index in [1.165, 1.54) is 64.2 Å². The van der Waals surface area contributed by atoms with E-state index in [0.717, 1.165) is 19.1 Å². The summed E-state index contributed by atoms with van der Waals surface area (Å²) in [6.07, 6.45) is 20.2. The Hall–Kier alpha value is -0.350. The molecule has 0 N–H and O–H groups in total. The van der Waals surface area contributed by atoms with Crippen LogP contribution in [0.3, 0.4) is 0 Å². The number of hydrogen-bond acceptors (Lipinski definition) is 3. The summed E-state index contributed by atoms with van der Waals surface area (Å²) in [5, 5.41) is 0. The smallest absolute Gasteiger partial charge is 0.264 e. The van der Waals surface area contributed by atoms with Crippen molar-refractivity contribution in [3.05, 3.63) is 12.2 Å². The predicted octanol–water partition coefficient (Wildman–Crippen LogP) is 5.61. The van der Waals surface area contributed by atoms with Crippen LogP contribution in [0.1, 0.15) is 90.9 Å². The molecular weight excluding hydrogens is 296 g/mol. The van der Waals surface area contributed by atoms with Gasteiger partial charge in [0.25, 0.3) is 10.1 Å². The van der Waals surface area contributed by atoms with Crippen molar-refractivity contribution in [1.82, 2.24) is 0 Å². The van der Waals surface area contributed by atoms with Crippen LogP contribution < -0.4 is 0 Å². The third-order valence-corrected chi connectivity index (χ3v) is 4.39. The van der Waals surface area contributed by atoms with Crippen molar-refractivity contribution in [2.45, 2.75) is 97.0 Å². The van der Waals surface area contributed by atoms with E-state index in [0.29, 0.717) is 0 Å². The molecule has 0 spiro atoms. The van der Waals surface area contributed by atoms with Crippen molar-refractivity contribution < 1.29 is 12.6 Å². The van der Waals surface area contributed by atoms with Gasteiger partial charge in [0.15, 0.2) is 0 Å². The van der Waals surface area contributed by atoms with Crippen molar-refractivity contribution in [2.75, 3.05) is 6.26 Å². The molecular formula is C18H36O3S. The predicted molar refractivity (Wildman–Crippen MR) is 95.6 cm³/mol. The number of rotatable bonds is 15. The Kier molecular flexibility index (Phi) is 14.0. The second-order valence-corrected chi connectivity index (χ2v) is 7.88. The van der Waals surface area contributed by atoms with Gasteiger partial charge in [0.05, 0.1) is 12.4 Å². The minimum Gasteiger partial charge on any atom is -0.267 e. The third-order valence-electron chi connectivity index (χ3n) is 3.71. The summed E-state index contributed by atoms with van der Waals surface area (Å²) in [5.74, 6) is 0. The normalized spacial score (nSPS) is 13.8. The minimum atomic E-state index is -3.30. The molecule has 0 heterocycles. The maximum Gasteiger partial charge on any atom is 0.264 e. The van der Waals surface area contributed by atoms with Gasteiger partial charge in [-0.2, -0.15) is 8.42 Å². The SMILES string of the molecule is CCCC/C=C\CCCCCCCCC[C@@H](C)OS(C)(=O)=O. The molecule has 0 saturated carbocycles. The molecule has 0 aromatic heterocycles. The van der Waals surface area contributed by atoms with Crippen molar-refractivity contribution in [3.8, 4) is 0 Å². The number of hydrogen-bond donors (Lipinski definition) is 0. The minimum absolute atomic E-state index is 0.186. The summed E-state index contributed by atoms with van der Waals surface area (Å²) >= 11 is 0. The highest BCUT2D eigenvalue weighted by Crippen LogP contribution is 2.12. The molecule has 132 valence electrons. The lowest BCUT2D eigenvalue weighted by Crippen LogP contribution is -2.13. The Morgan fingerprint density at radius 1 is 0.864 bits per heavy atom. The number of allylic oxidation sites excluding steroid dienone is 2. The molecule has 0 radical (unpaired) electrons. The van der Waals surface area contributed by atoms with Crippen LogP contribution in [0.4, 0.5) is 0 Å². The molecule has 0 saturated heterocycles. The van der Waals surface area contributed by atoms with Gasteiger partial charge in [0, 0.05) is 0 Å². The molecule has 0 aromatic rings. The van der Waals surface area contributed by atoms with Crippen molar-refractivity contribution in [2.24, 2.45) is 0 Å². The fourth-order valence-corrected chi connectivity index (χ4v) is 3.18. The van der Waals surface area contributed by atoms with E-state index in [4.69, 9.17) is 4.18 Å². The molecule has 0 fully saturated rings. The lowest BCUT2D eigenvalue weighted by atomic mass is 10.1. The van der Waals surface area contributed by atoms with Crippen molar-refractivity contribution >= 4 is 10.1 Å². The quantitative estimate of drug-likeness (QED) is 0.222. The van der Waals surface area contributed by atoms with Gasteiger partial charge in [0.2, 0.25) is 0 Å². The van der Waals surface area contributed by atoms with Crippen LogP contribution in [-0.4, -0.2) is 20.8 Å². The molecule has 0 aliphatic rings. The first-order valence-corrected chi connectivity index (χ1v) is 10.8. The van der Waals surface area contributed by atoms with Crippen LogP contribution in [0.15, 0.2) is 12.2 Å². The van der Waals surface area contributed by atoms with Crippen LogP contribution in [-0.2, 0) is 14.3 Å². The zero-order valence-corrected chi connectivity index (χ0v) is 15.7. The lowest BCUT2D eigenvalue weighted by molar-refractivity contribution is 0.216. The monoisotopic (exact) mass is 332 g/mol. The van der Waals surface area contributed by atoms with Gasteiger partial charge in [-0.1, -0.05) is 70.4 Å². The molecule has 3 nitrogen and oxygen atoms in total. The van der Waals surface area contributed by atoms with E-state index < -0.39 is 10.1 Å². The highest BCUT2D eigenvalue weighted by atomic mass is 32.2. The Morgan fingerprint density at radius 2 is 1.36 bits per heavy atom. The lowest BCUT2D eigenvalue weighted by Gasteiger charge is -2.10. The Balaban J connectivity index is 3.25. The van der Waals surface area contributed by atoms with E-state index >= 15 is 0 Å². The van der Waals surface area contributed by atoms with Gasteiger partial charge in [-0.05, 0) is 32.6 Å². The maximum absolute atomic E-state index is 10.9. The first-order chi connectivity index (χ1) is 10.5. The first-order valence-electron chi connectivity index (χ1n) is 8.99. The Labute approximate surface area is 138 Å². The molecule has 0 aromatic carbocycles. The number of unbranched alkanes of at least 4 members (excludes halogenated alkanes) is 9. The Bertz CT molecular complexity index is 361. The summed E-state index contributed by atoms with van der Waals surface area (Å²) in [6.45, 7) is 4.06. The largest absolute Gasteiger partial charge is 0.267 e. The molecule has 4 heteroatoms. The van der Waals surface area contributed by atoms with Crippen LogP contribution in [0.5, 0.6) is 0 Å². The topological polar surface area (TPSA) is 43.4 Å². The zero-order chi connectivity index (χ0) is 16.7. The van der Waals surface area contributed by atoms with Crippen LogP contribution in [0.25, 0.3) is 0 Å².